The lowest BCUT2D eigenvalue weighted by molar-refractivity contribution is -0.154. The van der Waals surface area contributed by atoms with Crippen molar-refractivity contribution in [1.29, 1.82) is 0 Å². The van der Waals surface area contributed by atoms with E-state index in [1.807, 2.05) is 13.8 Å². The average Bonchev–Trinajstić information content (AvgIpc) is 3.34. The molecule has 4 aliphatic rings. The number of nitrogens with zero attached hydrogens (tertiary/aromatic N) is 1. The first-order valence-corrected chi connectivity index (χ1v) is 16.5. The first-order valence-electron chi connectivity index (χ1n) is 16.5. The number of rotatable bonds is 11. The number of hydrogen-bond acceptors (Lipinski definition) is 8. The number of likely N-dealkylation sites (tertiary alicyclic amines) is 1. The van der Waals surface area contributed by atoms with Crippen LogP contribution in [0.2, 0.25) is 0 Å². The van der Waals surface area contributed by atoms with Gasteiger partial charge in [0.05, 0.1) is 19.3 Å². The number of Topliss-reactive ketones (excluding diaryl/α,β-unsaturated/α-hetero) is 1. The van der Waals surface area contributed by atoms with Crippen LogP contribution in [0.25, 0.3) is 0 Å². The van der Waals surface area contributed by atoms with Crippen LogP contribution in [0.3, 0.4) is 0 Å². The zero-order valence-corrected chi connectivity index (χ0v) is 28.6. The fourth-order valence-corrected chi connectivity index (χ4v) is 7.12. The van der Waals surface area contributed by atoms with Crippen LogP contribution in [0.1, 0.15) is 87.5 Å². The molecule has 2 saturated heterocycles. The zero-order chi connectivity index (χ0) is 34.4. The molecule has 0 spiro atoms. The van der Waals surface area contributed by atoms with Gasteiger partial charge in [-0.25, -0.2) is 9.59 Å². The number of carbonyl (C=O) groups excluding carboxylic acids is 6. The van der Waals surface area contributed by atoms with Crippen molar-refractivity contribution in [2.24, 2.45) is 39.7 Å². The van der Waals surface area contributed by atoms with Gasteiger partial charge in [-0.2, -0.15) is 0 Å². The molecule has 2 heterocycles. The van der Waals surface area contributed by atoms with Gasteiger partial charge in [0.25, 0.3) is 5.91 Å². The normalized spacial score (nSPS) is 27.3. The molecular weight excluding hydrogens is 594 g/mol. The van der Waals surface area contributed by atoms with Crippen molar-refractivity contribution in [2.45, 2.75) is 118 Å². The van der Waals surface area contributed by atoms with Crippen molar-refractivity contribution in [3.63, 3.8) is 0 Å². The Balaban J connectivity index is 1.51. The Morgan fingerprint density at radius 1 is 0.935 bits per heavy atom. The number of fused-ring (bicyclic) bond motifs is 1. The third-order valence-electron chi connectivity index (χ3n) is 10.4. The minimum Gasteiger partial charge on any atom is -0.458 e. The van der Waals surface area contributed by atoms with Crippen LogP contribution in [0, 0.1) is 34.0 Å². The van der Waals surface area contributed by atoms with Crippen LogP contribution in [0.5, 0.6) is 0 Å². The Kier molecular flexibility index (Phi) is 10.2. The Labute approximate surface area is 271 Å². The molecule has 5 N–H and O–H groups in total. The van der Waals surface area contributed by atoms with Crippen molar-refractivity contribution in [2.75, 3.05) is 19.8 Å². The maximum Gasteiger partial charge on any atom is 0.329 e. The number of piperidine rings is 1. The van der Waals surface area contributed by atoms with Gasteiger partial charge in [-0.15, -0.1) is 0 Å². The Morgan fingerprint density at radius 2 is 1.54 bits per heavy atom. The minimum absolute atomic E-state index is 0.0539. The summed E-state index contributed by atoms with van der Waals surface area (Å²) >= 11 is 0. The second kappa shape index (κ2) is 13.1. The maximum absolute atomic E-state index is 14.3. The zero-order valence-electron chi connectivity index (χ0n) is 28.6. The molecule has 0 bridgehead atoms. The molecule has 13 heteroatoms. The minimum atomic E-state index is -1.11. The summed E-state index contributed by atoms with van der Waals surface area (Å²) in [6.45, 7) is 16.0. The number of ether oxygens (including phenoxy) is 2. The summed E-state index contributed by atoms with van der Waals surface area (Å²) in [5.74, 6) is -3.37. The number of esters is 1. The molecule has 46 heavy (non-hydrogen) atoms. The van der Waals surface area contributed by atoms with Crippen molar-refractivity contribution < 1.29 is 38.2 Å². The van der Waals surface area contributed by atoms with Gasteiger partial charge in [0, 0.05) is 13.0 Å². The first kappa shape index (κ1) is 35.6. The lowest BCUT2D eigenvalue weighted by Crippen LogP contribution is -2.63. The molecule has 0 radical (unpaired) electrons. The molecule has 7 atom stereocenters. The quantitative estimate of drug-likeness (QED) is 0.193. The van der Waals surface area contributed by atoms with Gasteiger partial charge in [-0.1, -0.05) is 74.7 Å². The van der Waals surface area contributed by atoms with Gasteiger partial charge in [0.2, 0.25) is 17.6 Å². The van der Waals surface area contributed by atoms with E-state index in [0.717, 1.165) is 19.3 Å². The van der Waals surface area contributed by atoms with Crippen molar-refractivity contribution in [1.82, 2.24) is 20.9 Å². The highest BCUT2D eigenvalue weighted by Gasteiger charge is 2.70. The molecule has 258 valence electrons. The molecule has 0 aromatic carbocycles. The molecule has 2 unspecified atom stereocenters. The highest BCUT2D eigenvalue weighted by atomic mass is 16.6. The summed E-state index contributed by atoms with van der Waals surface area (Å²) in [6, 6.07) is -4.72. The smallest absolute Gasteiger partial charge is 0.329 e. The molecule has 0 aromatic heterocycles. The Hall–Kier alpha value is -3.22. The first-order chi connectivity index (χ1) is 21.2. The topological polar surface area (TPSA) is 186 Å². The number of ketones is 1. The van der Waals surface area contributed by atoms with E-state index in [0.29, 0.717) is 32.6 Å². The van der Waals surface area contributed by atoms with Gasteiger partial charge in [-0.3, -0.25) is 19.2 Å². The predicted octanol–water partition coefficient (Wildman–Crippen LogP) is 1.66. The Morgan fingerprint density at radius 3 is 2.04 bits per heavy atom. The fourth-order valence-electron chi connectivity index (χ4n) is 7.12. The summed E-state index contributed by atoms with van der Waals surface area (Å²) in [5.41, 5.74) is 3.65. The van der Waals surface area contributed by atoms with E-state index in [9.17, 15) is 28.8 Å². The highest BCUT2D eigenvalue weighted by molar-refractivity contribution is 6.37. The molecule has 13 nitrogen and oxygen atoms in total. The average molecular weight is 648 g/mol. The largest absolute Gasteiger partial charge is 0.458 e. The summed E-state index contributed by atoms with van der Waals surface area (Å²) < 4.78 is 10.9. The lowest BCUT2D eigenvalue weighted by Gasteiger charge is -2.38. The SMILES string of the molecule is CC(C)(C)[C@H](NC(=O)N[C@H](C(=O)N1C[C@H]2[C@@H]([C@H]1C(=O)NC(CC1CCC1)C(=O)C(N)=O)C2(C)C)C(C)(C)C)C(=O)OC1CCOC1. The molecule has 2 aliphatic heterocycles. The second-order valence-electron chi connectivity index (χ2n) is 16.3. The van der Waals surface area contributed by atoms with Gasteiger partial charge in [0.1, 0.15) is 24.2 Å². The Bertz CT molecular complexity index is 1230. The summed E-state index contributed by atoms with van der Waals surface area (Å²) in [7, 11) is 0. The van der Waals surface area contributed by atoms with Crippen molar-refractivity contribution in [3.8, 4) is 0 Å². The van der Waals surface area contributed by atoms with Gasteiger partial charge in [-0.05, 0) is 40.4 Å². The number of amides is 5. The molecule has 2 saturated carbocycles. The van der Waals surface area contributed by atoms with E-state index in [-0.39, 0.29) is 29.3 Å². The fraction of sp³-hybridized carbons (Fsp3) is 0.818. The third-order valence-corrected chi connectivity index (χ3v) is 10.4. The lowest BCUT2D eigenvalue weighted by atomic mass is 9.80. The molecule has 0 aromatic rings. The number of nitrogens with one attached hydrogen (secondary N) is 3. The number of urea groups is 1. The van der Waals surface area contributed by atoms with E-state index in [2.05, 4.69) is 16.0 Å². The van der Waals surface area contributed by atoms with Crippen LogP contribution in [0.4, 0.5) is 4.79 Å². The van der Waals surface area contributed by atoms with Crippen molar-refractivity contribution in [3.05, 3.63) is 0 Å². The number of carbonyl (C=O) groups is 6. The number of hydrogen-bond donors (Lipinski definition) is 4. The summed E-state index contributed by atoms with van der Waals surface area (Å²) in [5, 5.41) is 8.29. The van der Waals surface area contributed by atoms with Gasteiger partial charge in [0.15, 0.2) is 0 Å². The van der Waals surface area contributed by atoms with Crippen LogP contribution < -0.4 is 21.7 Å². The van der Waals surface area contributed by atoms with E-state index >= 15 is 0 Å². The van der Waals surface area contributed by atoms with E-state index < -0.39 is 70.5 Å². The van der Waals surface area contributed by atoms with Crippen LogP contribution >= 0.6 is 0 Å². The van der Waals surface area contributed by atoms with E-state index in [4.69, 9.17) is 15.2 Å². The van der Waals surface area contributed by atoms with Gasteiger partial charge >= 0.3 is 12.0 Å². The standard InChI is InChI=1S/C33H53N5O8/c1-31(2,3)24(36-30(44)37-25(32(4,5)6)29(43)46-18-12-13-45-16-18)28(42)38-15-19-21(33(19,7)8)22(38)27(41)35-20(23(39)26(34)40)14-17-10-9-11-17/h17-22,24-25H,9-16H2,1-8H3,(H2,34,40)(H,35,41)(H2,36,37,44)/t18?,19-,20?,21-,22-,24+,25+/m0/s1. The summed E-state index contributed by atoms with van der Waals surface area (Å²) in [6.07, 6.45) is 3.37. The second-order valence-corrected chi connectivity index (χ2v) is 16.3. The monoisotopic (exact) mass is 647 g/mol. The van der Waals surface area contributed by atoms with E-state index in [1.165, 1.54) is 4.90 Å². The van der Waals surface area contributed by atoms with Crippen LogP contribution in [0.15, 0.2) is 0 Å². The molecule has 4 fully saturated rings. The molecular formula is C33H53N5O8. The van der Waals surface area contributed by atoms with Crippen molar-refractivity contribution >= 4 is 35.5 Å². The summed E-state index contributed by atoms with van der Waals surface area (Å²) in [4.78, 5) is 80.8. The molecule has 4 rings (SSSR count). The van der Waals surface area contributed by atoms with Crippen LogP contribution in [-0.2, 0) is 33.4 Å². The number of nitrogens with two attached hydrogens (primary N) is 1. The molecule has 2 aliphatic carbocycles. The highest BCUT2D eigenvalue weighted by Crippen LogP contribution is 2.65. The third kappa shape index (κ3) is 7.66. The van der Waals surface area contributed by atoms with E-state index in [1.54, 1.807) is 41.5 Å². The number of primary amides is 1. The van der Waals surface area contributed by atoms with Gasteiger partial charge < -0.3 is 36.1 Å². The maximum atomic E-state index is 14.3. The molecule has 5 amide bonds. The predicted molar refractivity (Wildman–Crippen MR) is 168 cm³/mol. The van der Waals surface area contributed by atoms with Crippen LogP contribution in [-0.4, -0.2) is 90.4 Å².